The van der Waals surface area contributed by atoms with E-state index >= 15 is 0 Å². The highest BCUT2D eigenvalue weighted by Gasteiger charge is 2.15. The van der Waals surface area contributed by atoms with Crippen LogP contribution in [-0.4, -0.2) is 10.1 Å². The number of aromatic nitrogens is 1. The molecular formula is C12H7BrF3NO2. The third-order valence-electron chi connectivity index (χ3n) is 2.23. The molecule has 0 saturated heterocycles. The number of pyridine rings is 1. The van der Waals surface area contributed by atoms with Gasteiger partial charge in [-0.15, -0.1) is 0 Å². The Balaban J connectivity index is 2.41. The Bertz CT molecular complexity index is 622. The standard InChI is InChI=1S/C12H7BrF3NO2/c13-7-2-9(15)11(16)10(3-7)19-12-6(5-18)1-8(14)4-17-12/h1-4,18H,5H2. The van der Waals surface area contributed by atoms with Gasteiger partial charge in [0.1, 0.15) is 5.82 Å². The Morgan fingerprint density at radius 3 is 2.63 bits per heavy atom. The van der Waals surface area contributed by atoms with Crippen LogP contribution >= 0.6 is 15.9 Å². The molecule has 1 aromatic carbocycles. The van der Waals surface area contributed by atoms with Crippen molar-refractivity contribution in [1.82, 2.24) is 4.98 Å². The minimum atomic E-state index is -1.20. The van der Waals surface area contributed by atoms with Crippen LogP contribution in [0.1, 0.15) is 5.56 Å². The molecule has 100 valence electrons. The van der Waals surface area contributed by atoms with Gasteiger partial charge in [0.15, 0.2) is 11.6 Å². The number of rotatable bonds is 3. The van der Waals surface area contributed by atoms with Gasteiger partial charge in [0.2, 0.25) is 11.7 Å². The van der Waals surface area contributed by atoms with E-state index in [2.05, 4.69) is 20.9 Å². The predicted octanol–water partition coefficient (Wildman–Crippen LogP) is 3.55. The Kier molecular flexibility index (Phi) is 4.06. The number of benzene rings is 1. The van der Waals surface area contributed by atoms with Crippen molar-refractivity contribution in [1.29, 1.82) is 0 Å². The third-order valence-corrected chi connectivity index (χ3v) is 2.69. The molecule has 1 heterocycles. The molecule has 7 heteroatoms. The lowest BCUT2D eigenvalue weighted by atomic mass is 10.3. The molecule has 3 nitrogen and oxygen atoms in total. The summed E-state index contributed by atoms with van der Waals surface area (Å²) in [5, 5.41) is 9.04. The van der Waals surface area contributed by atoms with E-state index in [0.29, 0.717) is 0 Å². The Morgan fingerprint density at radius 2 is 1.95 bits per heavy atom. The van der Waals surface area contributed by atoms with Crippen LogP contribution < -0.4 is 4.74 Å². The molecule has 0 unspecified atom stereocenters. The smallest absolute Gasteiger partial charge is 0.225 e. The van der Waals surface area contributed by atoms with Gasteiger partial charge in [-0.2, -0.15) is 4.39 Å². The normalized spacial score (nSPS) is 10.6. The number of aliphatic hydroxyl groups is 1. The fourth-order valence-corrected chi connectivity index (χ4v) is 1.79. The van der Waals surface area contributed by atoms with Crippen LogP contribution in [0.3, 0.4) is 0 Å². The van der Waals surface area contributed by atoms with Crippen LogP contribution in [0.4, 0.5) is 13.2 Å². The van der Waals surface area contributed by atoms with E-state index in [1.54, 1.807) is 0 Å². The van der Waals surface area contributed by atoms with E-state index in [4.69, 9.17) is 9.84 Å². The number of aliphatic hydroxyl groups excluding tert-OH is 1. The minimum Gasteiger partial charge on any atom is -0.435 e. The highest BCUT2D eigenvalue weighted by molar-refractivity contribution is 9.10. The molecular weight excluding hydrogens is 327 g/mol. The van der Waals surface area contributed by atoms with Crippen LogP contribution in [0.2, 0.25) is 0 Å². The first-order chi connectivity index (χ1) is 9.01. The molecule has 2 rings (SSSR count). The lowest BCUT2D eigenvalue weighted by Crippen LogP contribution is -1.99. The van der Waals surface area contributed by atoms with Crippen molar-refractivity contribution < 1.29 is 23.0 Å². The van der Waals surface area contributed by atoms with Gasteiger partial charge in [0.05, 0.1) is 12.8 Å². The number of halogens is 4. The second-order valence-corrected chi connectivity index (χ2v) is 4.49. The maximum atomic E-state index is 13.5. The van der Waals surface area contributed by atoms with Crippen molar-refractivity contribution in [2.75, 3.05) is 0 Å². The van der Waals surface area contributed by atoms with Gasteiger partial charge in [-0.1, -0.05) is 15.9 Å². The summed E-state index contributed by atoms with van der Waals surface area (Å²) in [5.74, 6) is -3.58. The van der Waals surface area contributed by atoms with Gasteiger partial charge >= 0.3 is 0 Å². The summed E-state index contributed by atoms with van der Waals surface area (Å²) in [5.41, 5.74) is 0.0276. The van der Waals surface area contributed by atoms with Gasteiger partial charge in [-0.05, 0) is 18.2 Å². The van der Waals surface area contributed by atoms with Gasteiger partial charge < -0.3 is 9.84 Å². The average Bonchev–Trinajstić information content (AvgIpc) is 2.37. The molecule has 0 bridgehead atoms. The first-order valence-electron chi connectivity index (χ1n) is 5.09. The lowest BCUT2D eigenvalue weighted by Gasteiger charge is -2.10. The molecule has 19 heavy (non-hydrogen) atoms. The zero-order valence-corrected chi connectivity index (χ0v) is 10.9. The minimum absolute atomic E-state index is 0.0276. The maximum absolute atomic E-state index is 13.5. The zero-order valence-electron chi connectivity index (χ0n) is 9.33. The van der Waals surface area contributed by atoms with Crippen molar-refractivity contribution in [3.05, 3.63) is 51.9 Å². The number of hydrogen-bond acceptors (Lipinski definition) is 3. The van der Waals surface area contributed by atoms with E-state index in [0.717, 1.165) is 18.3 Å². The predicted molar refractivity (Wildman–Crippen MR) is 64.2 cm³/mol. The SMILES string of the molecule is OCc1cc(F)cnc1Oc1cc(Br)cc(F)c1F. The molecule has 0 radical (unpaired) electrons. The maximum Gasteiger partial charge on any atom is 0.225 e. The topological polar surface area (TPSA) is 42.4 Å². The largest absolute Gasteiger partial charge is 0.435 e. The summed E-state index contributed by atoms with van der Waals surface area (Å²) >= 11 is 2.99. The van der Waals surface area contributed by atoms with Crippen LogP contribution in [0.25, 0.3) is 0 Å². The molecule has 1 N–H and O–H groups in total. The van der Waals surface area contributed by atoms with E-state index in [9.17, 15) is 13.2 Å². The van der Waals surface area contributed by atoms with E-state index in [-0.39, 0.29) is 15.9 Å². The number of hydrogen-bond donors (Lipinski definition) is 1. The molecule has 0 atom stereocenters. The lowest BCUT2D eigenvalue weighted by molar-refractivity contribution is 0.273. The van der Waals surface area contributed by atoms with E-state index in [1.165, 1.54) is 6.07 Å². The summed E-state index contributed by atoms with van der Waals surface area (Å²) in [6.45, 7) is -0.543. The van der Waals surface area contributed by atoms with E-state index in [1.807, 2.05) is 0 Å². The monoisotopic (exact) mass is 333 g/mol. The number of ether oxygens (including phenoxy) is 1. The second-order valence-electron chi connectivity index (χ2n) is 3.58. The quantitative estimate of drug-likeness (QED) is 0.873. The zero-order chi connectivity index (χ0) is 14.0. The van der Waals surface area contributed by atoms with E-state index < -0.39 is 29.8 Å². The summed E-state index contributed by atoms with van der Waals surface area (Å²) in [6.07, 6.45) is 0.848. The molecule has 0 spiro atoms. The highest BCUT2D eigenvalue weighted by Crippen LogP contribution is 2.30. The molecule has 1 aromatic heterocycles. The van der Waals surface area contributed by atoms with Crippen molar-refractivity contribution in [3.63, 3.8) is 0 Å². The molecule has 2 aromatic rings. The van der Waals surface area contributed by atoms with Crippen molar-refractivity contribution in [2.45, 2.75) is 6.61 Å². The number of nitrogens with zero attached hydrogens (tertiary/aromatic N) is 1. The van der Waals surface area contributed by atoms with Gasteiger partial charge in [0.25, 0.3) is 0 Å². The molecule has 0 saturated carbocycles. The van der Waals surface area contributed by atoms with Crippen LogP contribution in [0.15, 0.2) is 28.9 Å². The molecule has 0 aliphatic carbocycles. The second kappa shape index (κ2) is 5.58. The Morgan fingerprint density at radius 1 is 1.21 bits per heavy atom. The summed E-state index contributed by atoms with van der Waals surface area (Å²) in [7, 11) is 0. The fraction of sp³-hybridized carbons (Fsp3) is 0.0833. The van der Waals surface area contributed by atoms with Crippen molar-refractivity contribution in [3.8, 4) is 11.6 Å². The van der Waals surface area contributed by atoms with Gasteiger partial charge in [0, 0.05) is 10.0 Å². The van der Waals surface area contributed by atoms with Gasteiger partial charge in [-0.3, -0.25) is 0 Å². The first kappa shape index (κ1) is 13.8. The summed E-state index contributed by atoms with van der Waals surface area (Å²) < 4.78 is 44.9. The molecule has 0 aliphatic rings. The van der Waals surface area contributed by atoms with Crippen LogP contribution in [0, 0.1) is 17.5 Å². The van der Waals surface area contributed by atoms with Crippen LogP contribution in [0.5, 0.6) is 11.6 Å². The molecule has 0 fully saturated rings. The molecule has 0 amide bonds. The summed E-state index contributed by atoms with van der Waals surface area (Å²) in [4.78, 5) is 3.58. The highest BCUT2D eigenvalue weighted by atomic mass is 79.9. The molecule has 0 aliphatic heterocycles. The van der Waals surface area contributed by atoms with Gasteiger partial charge in [-0.25, -0.2) is 13.8 Å². The van der Waals surface area contributed by atoms with Crippen molar-refractivity contribution >= 4 is 15.9 Å². The first-order valence-corrected chi connectivity index (χ1v) is 5.88. The summed E-state index contributed by atoms with van der Waals surface area (Å²) in [6, 6.07) is 3.13. The Hall–Kier alpha value is -1.60. The fourth-order valence-electron chi connectivity index (χ4n) is 1.38. The average molecular weight is 334 g/mol. The van der Waals surface area contributed by atoms with Crippen LogP contribution in [-0.2, 0) is 6.61 Å². The van der Waals surface area contributed by atoms with Crippen molar-refractivity contribution in [2.24, 2.45) is 0 Å². The third kappa shape index (κ3) is 3.05. The Labute approximate surface area is 114 Å².